The van der Waals surface area contributed by atoms with Gasteiger partial charge in [-0.2, -0.15) is 15.3 Å². The molecule has 3 aromatic rings. The SMILES string of the molecule is COCCn1cc(Nc2ncc(C=N)c(NCc3ccccc3C#N)n2)cn1.[HH]. The number of methoxy groups -OCH3 is 1. The van der Waals surface area contributed by atoms with Gasteiger partial charge in [0.1, 0.15) is 5.82 Å². The summed E-state index contributed by atoms with van der Waals surface area (Å²) >= 11 is 0. The molecule has 0 saturated heterocycles. The summed E-state index contributed by atoms with van der Waals surface area (Å²) in [5.74, 6) is 0.889. The second kappa shape index (κ2) is 9.25. The lowest BCUT2D eigenvalue weighted by Gasteiger charge is -2.11. The number of nitrogens with one attached hydrogen (secondary N) is 3. The number of aromatic nitrogens is 4. The van der Waals surface area contributed by atoms with Gasteiger partial charge in [-0.3, -0.25) is 4.68 Å². The molecule has 0 aliphatic carbocycles. The maximum Gasteiger partial charge on any atom is 0.229 e. The van der Waals surface area contributed by atoms with E-state index in [1.54, 1.807) is 30.3 Å². The van der Waals surface area contributed by atoms with Gasteiger partial charge in [-0.25, -0.2) is 4.98 Å². The van der Waals surface area contributed by atoms with E-state index in [2.05, 4.69) is 31.8 Å². The third-order valence-electron chi connectivity index (χ3n) is 3.97. The van der Waals surface area contributed by atoms with E-state index in [0.29, 0.717) is 42.6 Å². The van der Waals surface area contributed by atoms with Gasteiger partial charge in [-0.1, -0.05) is 18.2 Å². The van der Waals surface area contributed by atoms with Crippen molar-refractivity contribution in [3.05, 3.63) is 59.5 Å². The normalized spacial score (nSPS) is 10.3. The van der Waals surface area contributed by atoms with Gasteiger partial charge in [0.15, 0.2) is 0 Å². The lowest BCUT2D eigenvalue weighted by molar-refractivity contribution is 0.183. The van der Waals surface area contributed by atoms with Crippen LogP contribution in [0.4, 0.5) is 17.5 Å². The Hall–Kier alpha value is -3.77. The lowest BCUT2D eigenvalue weighted by atomic mass is 10.1. The van der Waals surface area contributed by atoms with Crippen LogP contribution in [-0.2, 0) is 17.8 Å². The van der Waals surface area contributed by atoms with Crippen LogP contribution in [-0.4, -0.2) is 39.7 Å². The molecule has 0 bridgehead atoms. The maximum absolute atomic E-state index is 9.22. The van der Waals surface area contributed by atoms with Crippen LogP contribution in [0.15, 0.2) is 42.9 Å². The Balaban J connectivity index is 0.00000300. The van der Waals surface area contributed by atoms with Crippen LogP contribution in [0.1, 0.15) is 18.1 Å². The van der Waals surface area contributed by atoms with Crippen LogP contribution < -0.4 is 10.6 Å². The van der Waals surface area contributed by atoms with Gasteiger partial charge in [0.2, 0.25) is 5.95 Å². The van der Waals surface area contributed by atoms with Crippen molar-refractivity contribution in [1.82, 2.24) is 19.7 Å². The highest BCUT2D eigenvalue weighted by molar-refractivity contribution is 5.84. The summed E-state index contributed by atoms with van der Waals surface area (Å²) in [5.41, 5.74) is 2.76. The molecule has 2 aromatic heterocycles. The Morgan fingerprint density at radius 2 is 2.21 bits per heavy atom. The molecule has 0 aliphatic rings. The fourth-order valence-electron chi connectivity index (χ4n) is 2.53. The summed E-state index contributed by atoms with van der Waals surface area (Å²) in [4.78, 5) is 8.69. The van der Waals surface area contributed by atoms with E-state index >= 15 is 0 Å². The number of benzene rings is 1. The van der Waals surface area contributed by atoms with Gasteiger partial charge < -0.3 is 20.8 Å². The smallest absolute Gasteiger partial charge is 0.229 e. The molecule has 0 atom stereocenters. The molecule has 0 spiro atoms. The standard InChI is InChI=1S/C19H20N8O.H2/c1-28-7-6-27-13-17(12-24-27)25-19-23-11-16(9-21)18(26-19)22-10-15-5-3-2-4-14(15)8-20;/h2-5,9,11-13,21H,6-7,10H2,1H3,(H2,22,23,25,26);1H. The van der Waals surface area contributed by atoms with Crippen LogP contribution in [0.2, 0.25) is 0 Å². The molecule has 9 nitrogen and oxygen atoms in total. The number of ether oxygens (including phenoxy) is 1. The van der Waals surface area contributed by atoms with Gasteiger partial charge in [0.05, 0.1) is 42.2 Å². The third-order valence-corrected chi connectivity index (χ3v) is 3.97. The van der Waals surface area contributed by atoms with Gasteiger partial charge in [0, 0.05) is 33.7 Å². The van der Waals surface area contributed by atoms with Crippen molar-refractivity contribution in [2.75, 3.05) is 24.4 Å². The average molecular weight is 378 g/mol. The molecule has 3 rings (SSSR count). The Bertz CT molecular complexity index is 998. The molecule has 0 aliphatic heterocycles. The summed E-state index contributed by atoms with van der Waals surface area (Å²) in [5, 5.41) is 27.3. The largest absolute Gasteiger partial charge is 0.383 e. The summed E-state index contributed by atoms with van der Waals surface area (Å²) < 4.78 is 6.80. The third kappa shape index (κ3) is 4.69. The van der Waals surface area contributed by atoms with Crippen molar-refractivity contribution < 1.29 is 6.16 Å². The summed E-state index contributed by atoms with van der Waals surface area (Å²) in [6.45, 7) is 1.64. The number of nitrogens with zero attached hydrogens (tertiary/aromatic N) is 5. The quantitative estimate of drug-likeness (QED) is 0.489. The molecular formula is C19H22N8O. The fourth-order valence-corrected chi connectivity index (χ4v) is 2.53. The molecular weight excluding hydrogens is 356 g/mol. The second-order valence-electron chi connectivity index (χ2n) is 5.87. The zero-order valence-corrected chi connectivity index (χ0v) is 15.4. The number of hydrogen-bond donors (Lipinski definition) is 3. The van der Waals surface area contributed by atoms with E-state index in [1.165, 1.54) is 6.21 Å². The van der Waals surface area contributed by atoms with E-state index in [4.69, 9.17) is 10.1 Å². The van der Waals surface area contributed by atoms with Crippen molar-refractivity contribution >= 4 is 23.7 Å². The number of nitriles is 1. The fraction of sp³-hybridized carbons (Fsp3) is 0.211. The average Bonchev–Trinajstić information content (AvgIpc) is 3.18. The molecule has 144 valence electrons. The Morgan fingerprint density at radius 1 is 1.36 bits per heavy atom. The van der Waals surface area contributed by atoms with E-state index in [0.717, 1.165) is 11.3 Å². The van der Waals surface area contributed by atoms with Crippen LogP contribution in [0.3, 0.4) is 0 Å². The minimum Gasteiger partial charge on any atom is -0.383 e. The highest BCUT2D eigenvalue weighted by Crippen LogP contribution is 2.18. The highest BCUT2D eigenvalue weighted by atomic mass is 16.5. The monoisotopic (exact) mass is 378 g/mol. The van der Waals surface area contributed by atoms with Gasteiger partial charge in [-0.05, 0) is 11.6 Å². The molecule has 3 N–H and O–H groups in total. The van der Waals surface area contributed by atoms with Crippen LogP contribution >= 0.6 is 0 Å². The molecule has 28 heavy (non-hydrogen) atoms. The molecule has 0 radical (unpaired) electrons. The van der Waals surface area contributed by atoms with Crippen molar-refractivity contribution in [1.29, 1.82) is 10.7 Å². The Kier molecular flexibility index (Phi) is 6.28. The van der Waals surface area contributed by atoms with E-state index in [-0.39, 0.29) is 1.43 Å². The Morgan fingerprint density at radius 3 is 3.00 bits per heavy atom. The molecule has 0 saturated carbocycles. The minimum atomic E-state index is 0. The first-order valence-corrected chi connectivity index (χ1v) is 8.61. The van der Waals surface area contributed by atoms with Gasteiger partial charge in [0.25, 0.3) is 0 Å². The second-order valence-corrected chi connectivity index (χ2v) is 5.87. The first-order chi connectivity index (χ1) is 13.7. The number of rotatable bonds is 9. The topological polar surface area (TPSA) is 125 Å². The zero-order chi connectivity index (χ0) is 19.8. The molecule has 1 aromatic carbocycles. The Labute approximate surface area is 164 Å². The molecule has 0 amide bonds. The van der Waals surface area contributed by atoms with Gasteiger partial charge in [-0.15, -0.1) is 0 Å². The number of hydrogen-bond acceptors (Lipinski definition) is 8. The molecule has 9 heteroatoms. The summed E-state index contributed by atoms with van der Waals surface area (Å²) in [6.07, 6.45) is 6.27. The molecule has 0 fully saturated rings. The predicted octanol–water partition coefficient (Wildman–Crippen LogP) is 2.79. The summed E-state index contributed by atoms with van der Waals surface area (Å²) in [6, 6.07) is 9.52. The van der Waals surface area contributed by atoms with E-state index in [9.17, 15) is 5.26 Å². The first kappa shape index (κ1) is 19.0. The van der Waals surface area contributed by atoms with Crippen molar-refractivity contribution in [2.45, 2.75) is 13.1 Å². The minimum absolute atomic E-state index is 0. The maximum atomic E-state index is 9.22. The van der Waals surface area contributed by atoms with Crippen molar-refractivity contribution in [3.8, 4) is 6.07 Å². The van der Waals surface area contributed by atoms with E-state index < -0.39 is 0 Å². The van der Waals surface area contributed by atoms with Crippen molar-refractivity contribution in [3.63, 3.8) is 0 Å². The zero-order valence-electron chi connectivity index (χ0n) is 15.4. The van der Waals surface area contributed by atoms with Crippen LogP contribution in [0.25, 0.3) is 0 Å². The molecule has 0 unspecified atom stereocenters. The lowest BCUT2D eigenvalue weighted by Crippen LogP contribution is -2.08. The number of anilines is 3. The van der Waals surface area contributed by atoms with Crippen LogP contribution in [0.5, 0.6) is 0 Å². The van der Waals surface area contributed by atoms with Crippen molar-refractivity contribution in [2.24, 2.45) is 0 Å². The predicted molar refractivity (Wildman–Crippen MR) is 108 cm³/mol. The van der Waals surface area contributed by atoms with Gasteiger partial charge >= 0.3 is 0 Å². The van der Waals surface area contributed by atoms with E-state index in [1.807, 2.05) is 24.4 Å². The molecule has 2 heterocycles. The summed E-state index contributed by atoms with van der Waals surface area (Å²) in [7, 11) is 1.64. The van der Waals surface area contributed by atoms with Crippen LogP contribution in [0, 0.1) is 16.7 Å². The highest BCUT2D eigenvalue weighted by Gasteiger charge is 2.08. The first-order valence-electron chi connectivity index (χ1n) is 8.61.